The van der Waals surface area contributed by atoms with Crippen molar-refractivity contribution in [3.05, 3.63) is 41.0 Å². The Kier molecular flexibility index (Phi) is 7.72. The Morgan fingerprint density at radius 1 is 1.22 bits per heavy atom. The minimum atomic E-state index is -0.402. The average molecular weight is 457 g/mol. The lowest BCUT2D eigenvalue weighted by molar-refractivity contribution is -0.142. The summed E-state index contributed by atoms with van der Waals surface area (Å²) < 4.78 is 0. The Labute approximate surface area is 195 Å². The molecule has 1 aromatic heterocycles. The van der Waals surface area contributed by atoms with E-state index in [1.807, 2.05) is 38.4 Å². The monoisotopic (exact) mass is 456 g/mol. The molecule has 1 aliphatic rings. The molecule has 174 valence electrons. The maximum absolute atomic E-state index is 13.4. The standard InChI is InChI=1S/C25H36N4O2S/c1-16(2)28-22(25(4,5)6)24(31)29-13-7-8-20(29)23(30)26-14-18-9-11-19(12-10-18)21-17(3)27-15-32-21/h9-12,15-16,20,22,28H,7-8,13-14H2,1-6H3,(H,26,30). The molecule has 1 saturated heterocycles. The molecule has 1 aliphatic heterocycles. The van der Waals surface area contributed by atoms with Crippen molar-refractivity contribution in [2.45, 2.75) is 79.1 Å². The fourth-order valence-electron chi connectivity index (χ4n) is 4.15. The molecule has 2 atom stereocenters. The average Bonchev–Trinajstić information content (AvgIpc) is 3.38. The molecular formula is C25H36N4O2S. The van der Waals surface area contributed by atoms with Crippen molar-refractivity contribution in [2.24, 2.45) is 5.41 Å². The van der Waals surface area contributed by atoms with E-state index in [0.29, 0.717) is 19.5 Å². The van der Waals surface area contributed by atoms with Crippen LogP contribution in [0, 0.1) is 12.3 Å². The van der Waals surface area contributed by atoms with Gasteiger partial charge in [0.2, 0.25) is 11.8 Å². The largest absolute Gasteiger partial charge is 0.350 e. The van der Waals surface area contributed by atoms with Crippen molar-refractivity contribution in [3.8, 4) is 10.4 Å². The topological polar surface area (TPSA) is 74.3 Å². The highest BCUT2D eigenvalue weighted by molar-refractivity contribution is 7.13. The first-order valence-electron chi connectivity index (χ1n) is 11.4. The van der Waals surface area contributed by atoms with Crippen molar-refractivity contribution in [1.29, 1.82) is 0 Å². The SMILES string of the molecule is Cc1ncsc1-c1ccc(CNC(=O)C2CCCN2C(=O)C(NC(C)C)C(C)(C)C)cc1. The summed E-state index contributed by atoms with van der Waals surface area (Å²) in [5.74, 6) is -0.0523. The summed E-state index contributed by atoms with van der Waals surface area (Å²) in [7, 11) is 0. The maximum Gasteiger partial charge on any atom is 0.243 e. The van der Waals surface area contributed by atoms with Gasteiger partial charge in [0.15, 0.2) is 0 Å². The summed E-state index contributed by atoms with van der Waals surface area (Å²) in [5.41, 5.74) is 4.83. The predicted octanol–water partition coefficient (Wildman–Crippen LogP) is 4.14. The summed E-state index contributed by atoms with van der Waals surface area (Å²) >= 11 is 1.63. The Bertz CT molecular complexity index is 930. The molecule has 2 N–H and O–H groups in total. The normalized spacial score (nSPS) is 17.6. The molecule has 3 rings (SSSR count). The van der Waals surface area contributed by atoms with Gasteiger partial charge in [-0.05, 0) is 36.3 Å². The van der Waals surface area contributed by atoms with Crippen LogP contribution in [-0.2, 0) is 16.1 Å². The molecule has 0 spiro atoms. The van der Waals surface area contributed by atoms with Crippen LogP contribution in [0.2, 0.25) is 0 Å². The van der Waals surface area contributed by atoms with Gasteiger partial charge in [-0.2, -0.15) is 0 Å². The van der Waals surface area contributed by atoms with Crippen molar-refractivity contribution in [1.82, 2.24) is 20.5 Å². The zero-order valence-corrected chi connectivity index (χ0v) is 20.9. The van der Waals surface area contributed by atoms with E-state index in [1.54, 1.807) is 16.2 Å². The molecule has 0 radical (unpaired) electrons. The zero-order chi connectivity index (χ0) is 23.5. The van der Waals surface area contributed by atoms with E-state index in [0.717, 1.165) is 23.2 Å². The summed E-state index contributed by atoms with van der Waals surface area (Å²) in [6.45, 7) is 13.4. The van der Waals surface area contributed by atoms with Crippen molar-refractivity contribution >= 4 is 23.2 Å². The van der Waals surface area contributed by atoms with Crippen LogP contribution in [0.3, 0.4) is 0 Å². The van der Waals surface area contributed by atoms with Crippen molar-refractivity contribution < 1.29 is 9.59 Å². The number of thiazole rings is 1. The van der Waals surface area contributed by atoms with Gasteiger partial charge < -0.3 is 15.5 Å². The van der Waals surface area contributed by atoms with Crippen LogP contribution in [0.25, 0.3) is 10.4 Å². The molecule has 2 unspecified atom stereocenters. The summed E-state index contributed by atoms with van der Waals surface area (Å²) in [5, 5.41) is 6.45. The van der Waals surface area contributed by atoms with E-state index in [2.05, 4.69) is 48.5 Å². The van der Waals surface area contributed by atoms with Gasteiger partial charge >= 0.3 is 0 Å². The molecule has 2 aromatic rings. The lowest BCUT2D eigenvalue weighted by Gasteiger charge is -2.36. The first-order chi connectivity index (χ1) is 15.1. The number of likely N-dealkylation sites (tertiary alicyclic amines) is 1. The fourth-order valence-corrected chi connectivity index (χ4v) is 4.97. The highest BCUT2D eigenvalue weighted by atomic mass is 32.1. The van der Waals surface area contributed by atoms with Crippen molar-refractivity contribution in [2.75, 3.05) is 6.54 Å². The fraction of sp³-hybridized carbons (Fsp3) is 0.560. The maximum atomic E-state index is 13.4. The lowest BCUT2D eigenvalue weighted by Crippen LogP contribution is -2.57. The van der Waals surface area contributed by atoms with Crippen LogP contribution in [-0.4, -0.2) is 46.4 Å². The molecule has 6 nitrogen and oxygen atoms in total. The Morgan fingerprint density at radius 2 is 1.91 bits per heavy atom. The number of hydrogen-bond acceptors (Lipinski definition) is 5. The molecule has 7 heteroatoms. The number of benzene rings is 1. The minimum Gasteiger partial charge on any atom is -0.350 e. The number of nitrogens with zero attached hydrogens (tertiary/aromatic N) is 2. The van der Waals surface area contributed by atoms with Gasteiger partial charge in [0.25, 0.3) is 0 Å². The third-order valence-electron chi connectivity index (χ3n) is 5.88. The van der Waals surface area contributed by atoms with Gasteiger partial charge in [-0.25, -0.2) is 4.98 Å². The first kappa shape index (κ1) is 24.4. The number of rotatable bonds is 7. The van der Waals surface area contributed by atoms with Crippen LogP contribution in [0.15, 0.2) is 29.8 Å². The zero-order valence-electron chi connectivity index (χ0n) is 20.1. The Morgan fingerprint density at radius 3 is 2.47 bits per heavy atom. The molecule has 2 amide bonds. The third-order valence-corrected chi connectivity index (χ3v) is 6.86. The van der Waals surface area contributed by atoms with Gasteiger partial charge in [-0.3, -0.25) is 9.59 Å². The highest BCUT2D eigenvalue weighted by Gasteiger charge is 2.41. The number of hydrogen-bond donors (Lipinski definition) is 2. The van der Waals surface area contributed by atoms with Gasteiger partial charge in [-0.1, -0.05) is 58.9 Å². The predicted molar refractivity (Wildman–Crippen MR) is 130 cm³/mol. The molecule has 0 saturated carbocycles. The van der Waals surface area contributed by atoms with Crippen LogP contribution in [0.1, 0.15) is 58.7 Å². The molecule has 0 aliphatic carbocycles. The van der Waals surface area contributed by atoms with Gasteiger partial charge in [0.05, 0.1) is 22.1 Å². The van der Waals surface area contributed by atoms with E-state index < -0.39 is 6.04 Å². The molecule has 2 heterocycles. The number of carbonyl (C=O) groups excluding carboxylic acids is 2. The smallest absolute Gasteiger partial charge is 0.243 e. The van der Waals surface area contributed by atoms with Crippen LogP contribution in [0.4, 0.5) is 0 Å². The van der Waals surface area contributed by atoms with E-state index in [1.165, 1.54) is 4.88 Å². The molecular weight excluding hydrogens is 420 g/mol. The lowest BCUT2D eigenvalue weighted by atomic mass is 9.85. The number of carbonyl (C=O) groups is 2. The van der Waals surface area contributed by atoms with E-state index in [-0.39, 0.29) is 29.3 Å². The summed E-state index contributed by atoms with van der Waals surface area (Å²) in [6, 6.07) is 7.68. The third kappa shape index (κ3) is 5.75. The Balaban J connectivity index is 1.63. The second-order valence-electron chi connectivity index (χ2n) is 9.99. The Hall–Kier alpha value is -2.25. The van der Waals surface area contributed by atoms with Crippen LogP contribution < -0.4 is 10.6 Å². The second-order valence-corrected chi connectivity index (χ2v) is 10.8. The van der Waals surface area contributed by atoms with Gasteiger partial charge in [0.1, 0.15) is 6.04 Å². The van der Waals surface area contributed by atoms with Crippen molar-refractivity contribution in [3.63, 3.8) is 0 Å². The quantitative estimate of drug-likeness (QED) is 0.657. The molecule has 1 fully saturated rings. The highest BCUT2D eigenvalue weighted by Crippen LogP contribution is 2.28. The first-order valence-corrected chi connectivity index (χ1v) is 12.3. The van der Waals surface area contributed by atoms with Crippen LogP contribution >= 0.6 is 11.3 Å². The minimum absolute atomic E-state index is 0.0214. The second kappa shape index (κ2) is 10.1. The summed E-state index contributed by atoms with van der Waals surface area (Å²) in [6.07, 6.45) is 1.56. The molecule has 0 bridgehead atoms. The van der Waals surface area contributed by atoms with E-state index in [4.69, 9.17) is 0 Å². The van der Waals surface area contributed by atoms with Crippen LogP contribution in [0.5, 0.6) is 0 Å². The molecule has 32 heavy (non-hydrogen) atoms. The van der Waals surface area contributed by atoms with Gasteiger partial charge in [0, 0.05) is 19.1 Å². The number of aryl methyl sites for hydroxylation is 1. The number of aromatic nitrogens is 1. The summed E-state index contributed by atoms with van der Waals surface area (Å²) in [4.78, 5) is 33.6. The number of amides is 2. The van der Waals surface area contributed by atoms with E-state index >= 15 is 0 Å². The molecule has 1 aromatic carbocycles. The van der Waals surface area contributed by atoms with Gasteiger partial charge in [-0.15, -0.1) is 11.3 Å². The van der Waals surface area contributed by atoms with E-state index in [9.17, 15) is 9.59 Å². The number of nitrogens with one attached hydrogen (secondary N) is 2.